The van der Waals surface area contributed by atoms with Crippen molar-refractivity contribution >= 4 is 22.8 Å². The number of rotatable bonds is 4. The zero-order chi connectivity index (χ0) is 22.9. The summed E-state index contributed by atoms with van der Waals surface area (Å²) in [5.41, 5.74) is 4.97. The van der Waals surface area contributed by atoms with Crippen LogP contribution < -0.4 is 15.4 Å². The molecule has 0 unspecified atom stereocenters. The zero-order valence-corrected chi connectivity index (χ0v) is 18.1. The third-order valence-corrected chi connectivity index (χ3v) is 6.31. The number of methoxy groups -OCH3 is 1. The number of hydrogen-bond acceptors (Lipinski definition) is 6. The number of non-ortho nitro benzene ring substituents is 1. The van der Waals surface area contributed by atoms with Gasteiger partial charge in [-0.05, 0) is 47.7 Å². The molecule has 5 rings (SSSR count). The fourth-order valence-electron chi connectivity index (χ4n) is 4.67. The van der Waals surface area contributed by atoms with Crippen molar-refractivity contribution in [2.24, 2.45) is 0 Å². The van der Waals surface area contributed by atoms with Crippen molar-refractivity contribution < 1.29 is 14.5 Å². The molecule has 0 saturated heterocycles. The third kappa shape index (κ3) is 3.93. The maximum atomic E-state index is 13.5. The van der Waals surface area contributed by atoms with Crippen LogP contribution in [-0.2, 0) is 4.79 Å². The molecule has 0 fully saturated rings. The van der Waals surface area contributed by atoms with Crippen molar-refractivity contribution in [3.05, 3.63) is 105 Å². The number of ketones is 1. The lowest BCUT2D eigenvalue weighted by Gasteiger charge is -2.30. The molecule has 3 aromatic rings. The van der Waals surface area contributed by atoms with Gasteiger partial charge in [0.15, 0.2) is 5.78 Å². The Morgan fingerprint density at radius 1 is 0.939 bits per heavy atom. The summed E-state index contributed by atoms with van der Waals surface area (Å²) in [5.74, 6) is 0.837. The number of nitro benzene ring substituents is 1. The number of benzene rings is 3. The van der Waals surface area contributed by atoms with Gasteiger partial charge in [-0.3, -0.25) is 14.9 Å². The van der Waals surface area contributed by atoms with Crippen molar-refractivity contribution in [3.8, 4) is 5.75 Å². The molecule has 1 aliphatic heterocycles. The van der Waals surface area contributed by atoms with E-state index in [2.05, 4.69) is 10.6 Å². The minimum Gasteiger partial charge on any atom is -0.497 e. The van der Waals surface area contributed by atoms with Crippen LogP contribution in [0.15, 0.2) is 84.1 Å². The minimum atomic E-state index is -0.486. The van der Waals surface area contributed by atoms with Gasteiger partial charge in [-0.1, -0.05) is 36.4 Å². The Hall–Kier alpha value is -4.13. The first-order chi connectivity index (χ1) is 16.0. The van der Waals surface area contributed by atoms with E-state index >= 15 is 0 Å². The first kappa shape index (κ1) is 20.8. The SMILES string of the molecule is COc1ccc([C@@H]2CC(=O)C3=C(C2)Nc2ccccc2N[C@@H]3c2cccc([N+](=O)[O-])c2)cc1. The number of nitro groups is 1. The van der Waals surface area contributed by atoms with Gasteiger partial charge < -0.3 is 15.4 Å². The molecule has 3 aromatic carbocycles. The second-order valence-electron chi connectivity index (χ2n) is 8.29. The van der Waals surface area contributed by atoms with E-state index in [9.17, 15) is 14.9 Å². The van der Waals surface area contributed by atoms with Gasteiger partial charge in [-0.15, -0.1) is 0 Å². The van der Waals surface area contributed by atoms with Crippen molar-refractivity contribution in [2.45, 2.75) is 24.8 Å². The molecule has 166 valence electrons. The Morgan fingerprint density at radius 3 is 2.42 bits per heavy atom. The second kappa shape index (κ2) is 8.43. The summed E-state index contributed by atoms with van der Waals surface area (Å²) in [4.78, 5) is 24.5. The molecule has 2 N–H and O–H groups in total. The number of nitrogens with zero attached hydrogens (tertiary/aromatic N) is 1. The maximum absolute atomic E-state index is 13.5. The van der Waals surface area contributed by atoms with Gasteiger partial charge in [0.25, 0.3) is 5.69 Å². The smallest absolute Gasteiger partial charge is 0.269 e. The number of allylic oxidation sites excluding steroid dienone is 1. The number of para-hydroxylation sites is 2. The quantitative estimate of drug-likeness (QED) is 0.405. The molecule has 0 saturated carbocycles. The van der Waals surface area contributed by atoms with E-state index in [4.69, 9.17) is 4.74 Å². The molecule has 1 heterocycles. The van der Waals surface area contributed by atoms with Gasteiger partial charge in [-0.25, -0.2) is 0 Å². The molecule has 33 heavy (non-hydrogen) atoms. The zero-order valence-electron chi connectivity index (χ0n) is 18.1. The first-order valence-electron chi connectivity index (χ1n) is 10.8. The van der Waals surface area contributed by atoms with Gasteiger partial charge >= 0.3 is 0 Å². The number of nitrogens with one attached hydrogen (secondary N) is 2. The molecule has 2 atom stereocenters. The largest absolute Gasteiger partial charge is 0.497 e. The Bertz CT molecular complexity index is 1270. The minimum absolute atomic E-state index is 0.00121. The highest BCUT2D eigenvalue weighted by Crippen LogP contribution is 2.44. The fraction of sp³-hybridized carbons (Fsp3) is 0.192. The van der Waals surface area contributed by atoms with Crippen LogP contribution in [-0.4, -0.2) is 17.8 Å². The summed E-state index contributed by atoms with van der Waals surface area (Å²) in [6.07, 6.45) is 1.03. The van der Waals surface area contributed by atoms with E-state index in [0.29, 0.717) is 24.0 Å². The highest BCUT2D eigenvalue weighted by Gasteiger charge is 2.36. The lowest BCUT2D eigenvalue weighted by atomic mass is 9.78. The van der Waals surface area contributed by atoms with Gasteiger partial charge in [0.2, 0.25) is 0 Å². The Morgan fingerprint density at radius 2 is 1.70 bits per heavy atom. The lowest BCUT2D eigenvalue weighted by molar-refractivity contribution is -0.384. The molecule has 0 bridgehead atoms. The van der Waals surface area contributed by atoms with Crippen LogP contribution in [0.3, 0.4) is 0 Å². The van der Waals surface area contributed by atoms with E-state index in [1.807, 2.05) is 54.6 Å². The van der Waals surface area contributed by atoms with Crippen molar-refractivity contribution in [2.75, 3.05) is 17.7 Å². The van der Waals surface area contributed by atoms with Crippen LogP contribution in [0.25, 0.3) is 0 Å². The van der Waals surface area contributed by atoms with Gasteiger partial charge in [0.1, 0.15) is 5.75 Å². The van der Waals surface area contributed by atoms with Crippen LogP contribution in [0.1, 0.15) is 35.9 Å². The number of anilines is 2. The summed E-state index contributed by atoms with van der Waals surface area (Å²) in [7, 11) is 1.63. The molecule has 7 nitrogen and oxygen atoms in total. The third-order valence-electron chi connectivity index (χ3n) is 6.31. The highest BCUT2D eigenvalue weighted by atomic mass is 16.6. The standard InChI is InChI=1S/C26H23N3O4/c1-33-20-11-9-16(10-12-20)18-14-23-25(24(30)15-18)26(17-5-4-6-19(13-17)29(31)32)28-22-8-3-2-7-21(22)27-23/h2-13,18,26-28H,14-15H2,1H3/t18-,26+/m0/s1. The first-order valence-corrected chi connectivity index (χ1v) is 10.8. The number of carbonyl (C=O) groups excluding carboxylic acids is 1. The normalized spacial score (nSPS) is 19.5. The molecule has 7 heteroatoms. The molecule has 0 radical (unpaired) electrons. The predicted molar refractivity (Wildman–Crippen MR) is 127 cm³/mol. The molecule has 1 aliphatic carbocycles. The van der Waals surface area contributed by atoms with Gasteiger partial charge in [-0.2, -0.15) is 0 Å². The van der Waals surface area contributed by atoms with E-state index < -0.39 is 11.0 Å². The summed E-state index contributed by atoms with van der Waals surface area (Å²) >= 11 is 0. The highest BCUT2D eigenvalue weighted by molar-refractivity contribution is 6.01. The predicted octanol–water partition coefficient (Wildman–Crippen LogP) is 5.58. The van der Waals surface area contributed by atoms with Crippen molar-refractivity contribution in [3.63, 3.8) is 0 Å². The summed E-state index contributed by atoms with van der Waals surface area (Å²) < 4.78 is 5.26. The summed E-state index contributed by atoms with van der Waals surface area (Å²) in [5, 5.41) is 18.3. The monoisotopic (exact) mass is 441 g/mol. The average molecular weight is 441 g/mol. The number of ether oxygens (including phenoxy) is 1. The molecule has 2 aliphatic rings. The topological polar surface area (TPSA) is 93.5 Å². The summed E-state index contributed by atoms with van der Waals surface area (Å²) in [6, 6.07) is 21.6. The molecule has 0 amide bonds. The average Bonchev–Trinajstić information content (AvgIpc) is 3.01. The van der Waals surface area contributed by atoms with Crippen LogP contribution in [0.4, 0.5) is 17.1 Å². The number of fused-ring (bicyclic) bond motifs is 1. The van der Waals surface area contributed by atoms with Crippen molar-refractivity contribution in [1.82, 2.24) is 0 Å². The summed E-state index contributed by atoms with van der Waals surface area (Å²) in [6.45, 7) is 0. The second-order valence-corrected chi connectivity index (χ2v) is 8.29. The maximum Gasteiger partial charge on any atom is 0.269 e. The van der Waals surface area contributed by atoms with Gasteiger partial charge in [0.05, 0.1) is 29.4 Å². The molecular weight excluding hydrogens is 418 g/mol. The number of hydrogen-bond donors (Lipinski definition) is 2. The molecule has 0 aromatic heterocycles. The van der Waals surface area contributed by atoms with Gasteiger partial charge in [0, 0.05) is 29.8 Å². The molecule has 0 spiro atoms. The van der Waals surface area contributed by atoms with E-state index in [1.54, 1.807) is 19.2 Å². The molecular formula is C26H23N3O4. The lowest BCUT2D eigenvalue weighted by Crippen LogP contribution is -2.26. The van der Waals surface area contributed by atoms with Crippen LogP contribution in [0.5, 0.6) is 5.75 Å². The van der Waals surface area contributed by atoms with E-state index in [-0.39, 0.29) is 17.4 Å². The van der Waals surface area contributed by atoms with Crippen LogP contribution >= 0.6 is 0 Å². The number of Topliss-reactive ketones (excluding diaryl/α,β-unsaturated/α-hetero) is 1. The van der Waals surface area contributed by atoms with E-state index in [0.717, 1.165) is 28.4 Å². The Balaban J connectivity index is 1.59. The Kier molecular flexibility index (Phi) is 5.30. The van der Waals surface area contributed by atoms with E-state index in [1.165, 1.54) is 6.07 Å². The fourth-order valence-corrected chi connectivity index (χ4v) is 4.67. The Labute approximate surface area is 191 Å². The number of carbonyl (C=O) groups is 1. The van der Waals surface area contributed by atoms with Crippen LogP contribution in [0.2, 0.25) is 0 Å². The van der Waals surface area contributed by atoms with Crippen molar-refractivity contribution in [1.29, 1.82) is 0 Å². The van der Waals surface area contributed by atoms with Crippen LogP contribution in [0, 0.1) is 10.1 Å².